The Balaban J connectivity index is 2.73. The molecule has 18 heavy (non-hydrogen) atoms. The summed E-state index contributed by atoms with van der Waals surface area (Å²) in [6.07, 6.45) is 3.48. The van der Waals surface area contributed by atoms with Gasteiger partial charge in [-0.05, 0) is 13.0 Å². The van der Waals surface area contributed by atoms with Gasteiger partial charge in [-0.15, -0.1) is 0 Å². The van der Waals surface area contributed by atoms with Gasteiger partial charge in [-0.25, -0.2) is 8.42 Å². The molecule has 1 saturated heterocycles. The molecule has 1 rings (SSSR count). The maximum Gasteiger partial charge on any atom is 0.147 e. The number of likely N-dealkylation sites (N-methyl/N-ethyl adjacent to an activating group) is 1. The largest absolute Gasteiger partial charge is 0.381 e. The second-order valence-electron chi connectivity index (χ2n) is 4.91. The molecule has 0 aromatic rings. The molecule has 0 bridgehead atoms. The molecule has 1 unspecified atom stereocenters. The summed E-state index contributed by atoms with van der Waals surface area (Å²) in [4.78, 5) is 0. The van der Waals surface area contributed by atoms with Gasteiger partial charge < -0.3 is 14.8 Å². The lowest BCUT2D eigenvalue weighted by molar-refractivity contribution is -0.110. The Bertz CT molecular complexity index is 336. The van der Waals surface area contributed by atoms with E-state index >= 15 is 0 Å². The molecule has 0 spiro atoms. The minimum absolute atomic E-state index is 0.0612. The second kappa shape index (κ2) is 6.84. The van der Waals surface area contributed by atoms with Crippen molar-refractivity contribution in [3.8, 4) is 0 Å². The van der Waals surface area contributed by atoms with Crippen molar-refractivity contribution in [3.05, 3.63) is 0 Å². The van der Waals surface area contributed by atoms with E-state index in [4.69, 9.17) is 9.47 Å². The first-order valence-corrected chi connectivity index (χ1v) is 8.53. The van der Waals surface area contributed by atoms with Gasteiger partial charge >= 0.3 is 0 Å². The molecular formula is C12H25NO4S. The van der Waals surface area contributed by atoms with E-state index in [-0.39, 0.29) is 17.4 Å². The first-order valence-electron chi connectivity index (χ1n) is 6.47. The summed E-state index contributed by atoms with van der Waals surface area (Å²) in [5.41, 5.74) is -0.293. The predicted molar refractivity (Wildman–Crippen MR) is 71.6 cm³/mol. The van der Waals surface area contributed by atoms with Gasteiger partial charge in [-0.3, -0.25) is 0 Å². The summed E-state index contributed by atoms with van der Waals surface area (Å²) >= 11 is 0. The molecule has 1 aliphatic heterocycles. The van der Waals surface area contributed by atoms with Crippen LogP contribution < -0.4 is 5.32 Å². The number of nitrogens with one attached hydrogen (secondary N) is 1. The molecule has 0 radical (unpaired) electrons. The van der Waals surface area contributed by atoms with E-state index in [2.05, 4.69) is 5.32 Å². The summed E-state index contributed by atoms with van der Waals surface area (Å²) in [7, 11) is -1.23. The number of hydrogen-bond acceptors (Lipinski definition) is 5. The zero-order valence-electron chi connectivity index (χ0n) is 11.6. The van der Waals surface area contributed by atoms with E-state index in [1.54, 1.807) is 7.11 Å². The lowest BCUT2D eigenvalue weighted by Gasteiger charge is -2.42. The third kappa shape index (κ3) is 4.50. The van der Waals surface area contributed by atoms with Crippen molar-refractivity contribution < 1.29 is 17.9 Å². The summed E-state index contributed by atoms with van der Waals surface area (Å²) in [6.45, 7) is 4.18. The Kier molecular flexibility index (Phi) is 6.04. The number of hydrogen-bond donors (Lipinski definition) is 1. The molecule has 6 heteroatoms. The van der Waals surface area contributed by atoms with Crippen molar-refractivity contribution in [2.45, 2.75) is 37.8 Å². The van der Waals surface area contributed by atoms with E-state index in [1.807, 2.05) is 6.92 Å². The van der Waals surface area contributed by atoms with Crippen LogP contribution in [-0.4, -0.2) is 58.9 Å². The highest BCUT2D eigenvalue weighted by molar-refractivity contribution is 7.90. The van der Waals surface area contributed by atoms with Crippen molar-refractivity contribution >= 4 is 9.84 Å². The average molecular weight is 279 g/mol. The molecule has 0 saturated carbocycles. The van der Waals surface area contributed by atoms with Crippen LogP contribution in [-0.2, 0) is 19.3 Å². The van der Waals surface area contributed by atoms with Gasteiger partial charge in [0, 0.05) is 45.5 Å². The van der Waals surface area contributed by atoms with Crippen LogP contribution in [0.4, 0.5) is 0 Å². The SMILES string of the molecule is CCNC(CCS(C)(=O)=O)C1(OC)CCOCC1. The fraction of sp³-hybridized carbons (Fsp3) is 1.00. The van der Waals surface area contributed by atoms with E-state index in [0.29, 0.717) is 19.6 Å². The summed E-state index contributed by atoms with van der Waals surface area (Å²) in [6, 6.07) is 0.0612. The highest BCUT2D eigenvalue weighted by Crippen LogP contribution is 2.30. The molecule has 1 N–H and O–H groups in total. The fourth-order valence-corrected chi connectivity index (χ4v) is 3.21. The molecule has 0 aromatic carbocycles. The lowest BCUT2D eigenvalue weighted by Crippen LogP contribution is -2.55. The van der Waals surface area contributed by atoms with Gasteiger partial charge in [0.05, 0.1) is 11.4 Å². The van der Waals surface area contributed by atoms with Crippen molar-refractivity contribution in [1.29, 1.82) is 0 Å². The number of methoxy groups -OCH3 is 1. The Morgan fingerprint density at radius 1 is 1.39 bits per heavy atom. The third-order valence-corrected chi connectivity index (χ3v) is 4.59. The van der Waals surface area contributed by atoms with E-state index < -0.39 is 9.84 Å². The van der Waals surface area contributed by atoms with Crippen LogP contribution >= 0.6 is 0 Å². The Hall–Kier alpha value is -0.170. The van der Waals surface area contributed by atoms with E-state index in [9.17, 15) is 8.42 Å². The summed E-state index contributed by atoms with van der Waals surface area (Å²) in [5, 5.41) is 3.37. The molecule has 0 amide bonds. The molecule has 108 valence electrons. The second-order valence-corrected chi connectivity index (χ2v) is 7.17. The van der Waals surface area contributed by atoms with Gasteiger partial charge in [0.15, 0.2) is 0 Å². The number of sulfone groups is 1. The maximum absolute atomic E-state index is 11.3. The first kappa shape index (κ1) is 15.9. The Labute approximate surface area is 110 Å². The van der Waals surface area contributed by atoms with Crippen molar-refractivity contribution in [1.82, 2.24) is 5.32 Å². The average Bonchev–Trinajstić information content (AvgIpc) is 2.34. The third-order valence-electron chi connectivity index (χ3n) is 3.61. The van der Waals surface area contributed by atoms with Crippen LogP contribution in [0, 0.1) is 0 Å². The molecule has 1 fully saturated rings. The van der Waals surface area contributed by atoms with Crippen molar-refractivity contribution in [2.75, 3.05) is 38.9 Å². The van der Waals surface area contributed by atoms with E-state index in [0.717, 1.165) is 19.4 Å². The van der Waals surface area contributed by atoms with Crippen LogP contribution in [0.5, 0.6) is 0 Å². The standard InChI is InChI=1S/C12H25NO4S/c1-4-13-11(5-10-18(3,14)15)12(16-2)6-8-17-9-7-12/h11,13H,4-10H2,1-3H3. The highest BCUT2D eigenvalue weighted by Gasteiger charge is 2.40. The summed E-state index contributed by atoms with van der Waals surface area (Å²) in [5.74, 6) is 0.191. The molecule has 1 heterocycles. The van der Waals surface area contributed by atoms with Gasteiger partial charge in [-0.1, -0.05) is 6.92 Å². The minimum Gasteiger partial charge on any atom is -0.381 e. The molecule has 0 aromatic heterocycles. The molecule has 1 atom stereocenters. The van der Waals surface area contributed by atoms with Crippen molar-refractivity contribution in [3.63, 3.8) is 0 Å². The van der Waals surface area contributed by atoms with Gasteiger partial charge in [0.2, 0.25) is 0 Å². The number of ether oxygens (including phenoxy) is 2. The monoisotopic (exact) mass is 279 g/mol. The summed E-state index contributed by atoms with van der Waals surface area (Å²) < 4.78 is 33.7. The van der Waals surface area contributed by atoms with Gasteiger partial charge in [0.25, 0.3) is 0 Å². The van der Waals surface area contributed by atoms with Crippen LogP contribution in [0.2, 0.25) is 0 Å². The Morgan fingerprint density at radius 3 is 2.44 bits per heavy atom. The zero-order valence-corrected chi connectivity index (χ0v) is 12.4. The van der Waals surface area contributed by atoms with Crippen LogP contribution in [0.15, 0.2) is 0 Å². The normalized spacial score (nSPS) is 21.7. The van der Waals surface area contributed by atoms with Crippen LogP contribution in [0.1, 0.15) is 26.2 Å². The quantitative estimate of drug-likeness (QED) is 0.739. The molecule has 0 aliphatic carbocycles. The topological polar surface area (TPSA) is 64.6 Å². The van der Waals surface area contributed by atoms with Gasteiger partial charge in [0.1, 0.15) is 9.84 Å². The predicted octanol–water partition coefficient (Wildman–Crippen LogP) is 0.595. The first-order chi connectivity index (χ1) is 8.43. The molecule has 1 aliphatic rings. The van der Waals surface area contributed by atoms with Crippen LogP contribution in [0.25, 0.3) is 0 Å². The molecule has 5 nitrogen and oxygen atoms in total. The van der Waals surface area contributed by atoms with Crippen molar-refractivity contribution in [2.24, 2.45) is 0 Å². The smallest absolute Gasteiger partial charge is 0.147 e. The lowest BCUT2D eigenvalue weighted by atomic mass is 9.84. The zero-order chi connectivity index (χ0) is 13.6. The molecular weight excluding hydrogens is 254 g/mol. The maximum atomic E-state index is 11.3. The highest BCUT2D eigenvalue weighted by atomic mass is 32.2. The van der Waals surface area contributed by atoms with Gasteiger partial charge in [-0.2, -0.15) is 0 Å². The Morgan fingerprint density at radius 2 is 2.00 bits per heavy atom. The number of rotatable bonds is 7. The van der Waals surface area contributed by atoms with Crippen LogP contribution in [0.3, 0.4) is 0 Å². The van der Waals surface area contributed by atoms with E-state index in [1.165, 1.54) is 6.26 Å². The minimum atomic E-state index is -2.94. The fourth-order valence-electron chi connectivity index (χ4n) is 2.54.